The zero-order valence-electron chi connectivity index (χ0n) is 19.5. The van der Waals surface area contributed by atoms with Crippen LogP contribution in [0.3, 0.4) is 0 Å². The number of Topliss-reactive ketones (excluding diaryl/α,β-unsaturated/α-hetero) is 1. The summed E-state index contributed by atoms with van der Waals surface area (Å²) in [4.78, 5) is 42.6. The number of rotatable bonds is 8. The fourth-order valence-corrected chi connectivity index (χ4v) is 5.03. The van der Waals surface area contributed by atoms with Crippen molar-refractivity contribution in [2.75, 3.05) is 5.32 Å². The normalized spacial score (nSPS) is 14.5. The van der Waals surface area contributed by atoms with Gasteiger partial charge in [-0.2, -0.15) is 0 Å². The molecule has 34 heavy (non-hydrogen) atoms. The average molecular weight is 476 g/mol. The van der Waals surface area contributed by atoms with Crippen LogP contribution in [0, 0.1) is 0 Å². The second kappa shape index (κ2) is 10.8. The lowest BCUT2D eigenvalue weighted by Crippen LogP contribution is -2.27. The highest BCUT2D eigenvalue weighted by atomic mass is 32.2. The molecule has 0 spiro atoms. The number of hydrogen-bond acceptors (Lipinski definition) is 5. The number of nitrogens with zero attached hydrogens (tertiary/aromatic N) is 2. The van der Waals surface area contributed by atoms with Crippen molar-refractivity contribution in [3.63, 3.8) is 0 Å². The van der Waals surface area contributed by atoms with E-state index in [1.54, 1.807) is 41.8 Å². The van der Waals surface area contributed by atoms with Crippen molar-refractivity contribution in [2.24, 2.45) is 0 Å². The Morgan fingerprint density at radius 1 is 1.15 bits per heavy atom. The van der Waals surface area contributed by atoms with Gasteiger partial charge in [0.2, 0.25) is 5.91 Å². The number of anilines is 1. The predicted octanol–water partition coefficient (Wildman–Crippen LogP) is 5.61. The number of allylic oxidation sites excluding steroid dienone is 2. The second-order valence-electron chi connectivity index (χ2n) is 8.61. The first-order chi connectivity index (χ1) is 16.4. The molecule has 6 nitrogen and oxygen atoms in total. The molecule has 2 aromatic carbocycles. The molecule has 3 aromatic rings. The smallest absolute Gasteiger partial charge is 0.262 e. The highest BCUT2D eigenvalue weighted by Crippen LogP contribution is 2.26. The van der Waals surface area contributed by atoms with Gasteiger partial charge in [-0.3, -0.25) is 19.0 Å². The van der Waals surface area contributed by atoms with Gasteiger partial charge in [0.1, 0.15) is 0 Å². The van der Waals surface area contributed by atoms with Gasteiger partial charge in [-0.1, -0.05) is 47.7 Å². The Morgan fingerprint density at radius 2 is 1.97 bits per heavy atom. The lowest BCUT2D eigenvalue weighted by Gasteiger charge is -2.18. The summed E-state index contributed by atoms with van der Waals surface area (Å²) >= 11 is 1.28. The molecule has 1 aliphatic carbocycles. The van der Waals surface area contributed by atoms with Crippen LogP contribution >= 0.6 is 11.8 Å². The summed E-state index contributed by atoms with van der Waals surface area (Å²) < 4.78 is 1.71. The molecule has 0 unspecified atom stereocenters. The molecule has 0 aliphatic heterocycles. The Bertz CT molecular complexity index is 1310. The first-order valence-electron chi connectivity index (χ1n) is 11.7. The lowest BCUT2D eigenvalue weighted by atomic mass is 9.97. The van der Waals surface area contributed by atoms with Gasteiger partial charge in [-0.15, -0.1) is 0 Å². The molecule has 4 rings (SSSR count). The quantitative estimate of drug-likeness (QED) is 0.198. The summed E-state index contributed by atoms with van der Waals surface area (Å²) in [7, 11) is 0. The number of fused-ring (bicyclic) bond motifs is 1. The van der Waals surface area contributed by atoms with Crippen molar-refractivity contribution in [3.05, 3.63) is 76.1 Å². The van der Waals surface area contributed by atoms with Crippen molar-refractivity contribution in [1.82, 2.24) is 9.55 Å². The van der Waals surface area contributed by atoms with Crippen molar-refractivity contribution < 1.29 is 9.59 Å². The van der Waals surface area contributed by atoms with Gasteiger partial charge in [-0.25, -0.2) is 4.98 Å². The van der Waals surface area contributed by atoms with Crippen LogP contribution in [-0.2, 0) is 11.3 Å². The lowest BCUT2D eigenvalue weighted by molar-refractivity contribution is -0.115. The van der Waals surface area contributed by atoms with Crippen LogP contribution in [0.5, 0.6) is 0 Å². The third-order valence-corrected chi connectivity index (χ3v) is 7.15. The molecule has 1 amide bonds. The van der Waals surface area contributed by atoms with Crippen LogP contribution in [0.1, 0.15) is 56.3 Å². The second-order valence-corrected chi connectivity index (χ2v) is 9.92. The summed E-state index contributed by atoms with van der Waals surface area (Å²) in [6.07, 6.45) is 7.71. The van der Waals surface area contributed by atoms with Gasteiger partial charge in [0, 0.05) is 17.8 Å². The zero-order valence-corrected chi connectivity index (χ0v) is 20.4. The first kappa shape index (κ1) is 24.0. The van der Waals surface area contributed by atoms with E-state index in [9.17, 15) is 14.4 Å². The third kappa shape index (κ3) is 5.65. The standard InChI is InChI=1S/C27H29N3O3S/c1-18(31)21-11-8-12-22(17-21)28-25(32)19(2)34-27-29-24-14-7-6-13-23(24)26(33)30(27)16-15-20-9-4-3-5-10-20/h6-9,11-14,17,19H,3-5,10,15-16H2,1-2H3,(H,28,32)/t19-/m0/s1. The molecule has 0 saturated carbocycles. The number of carbonyl (C=O) groups is 2. The van der Waals surface area contributed by atoms with E-state index in [0.717, 1.165) is 19.3 Å². The molecule has 0 fully saturated rings. The molecule has 1 atom stereocenters. The van der Waals surface area contributed by atoms with E-state index >= 15 is 0 Å². The Balaban J connectivity index is 1.57. The topological polar surface area (TPSA) is 81.1 Å². The number of aromatic nitrogens is 2. The Labute approximate surface area is 203 Å². The van der Waals surface area contributed by atoms with Gasteiger partial charge in [0.05, 0.1) is 16.2 Å². The molecular formula is C27H29N3O3S. The molecule has 1 aromatic heterocycles. The molecule has 1 heterocycles. The van der Waals surface area contributed by atoms with Gasteiger partial charge in [0.15, 0.2) is 10.9 Å². The van der Waals surface area contributed by atoms with Crippen LogP contribution in [0.2, 0.25) is 0 Å². The van der Waals surface area contributed by atoms with Gasteiger partial charge in [0.25, 0.3) is 5.56 Å². The number of carbonyl (C=O) groups excluding carboxylic acids is 2. The van der Waals surface area contributed by atoms with Crippen LogP contribution in [0.25, 0.3) is 10.9 Å². The summed E-state index contributed by atoms with van der Waals surface area (Å²) in [6.45, 7) is 3.83. The highest BCUT2D eigenvalue weighted by Gasteiger charge is 2.20. The summed E-state index contributed by atoms with van der Waals surface area (Å²) in [5.74, 6) is -0.273. The maximum atomic E-state index is 13.3. The first-order valence-corrected chi connectivity index (χ1v) is 12.6. The molecule has 7 heteroatoms. The molecule has 1 N–H and O–H groups in total. The van der Waals surface area contributed by atoms with Crippen molar-refractivity contribution in [3.8, 4) is 0 Å². The summed E-state index contributed by atoms with van der Waals surface area (Å²) in [5.41, 5.74) is 3.05. The molecule has 176 valence electrons. The van der Waals surface area contributed by atoms with E-state index in [1.807, 2.05) is 18.2 Å². The Morgan fingerprint density at radius 3 is 2.74 bits per heavy atom. The maximum absolute atomic E-state index is 13.3. The van der Waals surface area contributed by atoms with Crippen molar-refractivity contribution >= 4 is 40.0 Å². The Hall–Kier alpha value is -3.19. The number of thioether (sulfide) groups is 1. The van der Waals surface area contributed by atoms with Gasteiger partial charge >= 0.3 is 0 Å². The third-order valence-electron chi connectivity index (χ3n) is 6.06. The zero-order chi connectivity index (χ0) is 24.1. The molecule has 1 aliphatic rings. The highest BCUT2D eigenvalue weighted by molar-refractivity contribution is 8.00. The monoisotopic (exact) mass is 475 g/mol. The fraction of sp³-hybridized carbons (Fsp3) is 0.333. The largest absolute Gasteiger partial charge is 0.325 e. The van der Waals surface area contributed by atoms with E-state index in [2.05, 4.69) is 11.4 Å². The minimum Gasteiger partial charge on any atom is -0.325 e. The van der Waals surface area contributed by atoms with Crippen molar-refractivity contribution in [2.45, 2.75) is 62.9 Å². The Kier molecular flexibility index (Phi) is 7.63. The minimum atomic E-state index is -0.491. The number of para-hydroxylation sites is 1. The summed E-state index contributed by atoms with van der Waals surface area (Å²) in [5, 5.41) is 3.51. The number of amides is 1. The van der Waals surface area contributed by atoms with E-state index < -0.39 is 5.25 Å². The average Bonchev–Trinajstić information content (AvgIpc) is 2.84. The number of hydrogen-bond donors (Lipinski definition) is 1. The molecule has 0 bridgehead atoms. The van der Waals surface area contributed by atoms with Crippen molar-refractivity contribution in [1.29, 1.82) is 0 Å². The van der Waals surface area contributed by atoms with Gasteiger partial charge in [-0.05, 0) is 70.2 Å². The van der Waals surface area contributed by atoms with E-state index in [0.29, 0.717) is 33.9 Å². The van der Waals surface area contributed by atoms with Crippen LogP contribution in [-0.4, -0.2) is 26.5 Å². The fourth-order valence-electron chi connectivity index (χ4n) is 4.09. The number of nitrogens with one attached hydrogen (secondary N) is 1. The summed E-state index contributed by atoms with van der Waals surface area (Å²) in [6, 6.07) is 14.2. The molecule has 0 saturated heterocycles. The van der Waals surface area contributed by atoms with E-state index in [4.69, 9.17) is 4.98 Å². The van der Waals surface area contributed by atoms with E-state index in [1.165, 1.54) is 37.1 Å². The van der Waals surface area contributed by atoms with Gasteiger partial charge < -0.3 is 5.32 Å². The molecule has 0 radical (unpaired) electrons. The number of benzene rings is 2. The maximum Gasteiger partial charge on any atom is 0.262 e. The SMILES string of the molecule is CC(=O)c1cccc(NC(=O)[C@H](C)Sc2nc3ccccc3c(=O)n2CCC2=CCCCC2)c1. The van der Waals surface area contributed by atoms with Crippen LogP contribution in [0.4, 0.5) is 5.69 Å². The van der Waals surface area contributed by atoms with E-state index in [-0.39, 0.29) is 17.2 Å². The predicted molar refractivity (Wildman–Crippen MR) is 138 cm³/mol. The van der Waals surface area contributed by atoms with Crippen LogP contribution in [0.15, 0.2) is 70.1 Å². The minimum absolute atomic E-state index is 0.0593. The molecular weight excluding hydrogens is 446 g/mol. The number of ketones is 1. The van der Waals surface area contributed by atoms with Crippen LogP contribution < -0.4 is 10.9 Å².